The highest BCUT2D eigenvalue weighted by Gasteiger charge is 2.34. The molecule has 0 radical (unpaired) electrons. The number of ether oxygens (including phenoxy) is 1. The number of carbonyl (C=O) groups is 1. The predicted octanol–water partition coefficient (Wildman–Crippen LogP) is 3.21. The summed E-state index contributed by atoms with van der Waals surface area (Å²) < 4.78 is 5.36. The van der Waals surface area contributed by atoms with Crippen LogP contribution in [0.4, 0.5) is 0 Å². The van der Waals surface area contributed by atoms with Gasteiger partial charge >= 0.3 is 5.97 Å². The molecule has 0 saturated heterocycles. The zero-order valence-corrected chi connectivity index (χ0v) is 12.4. The number of methoxy groups -OCH3 is 1. The van der Waals surface area contributed by atoms with Crippen LogP contribution in [0.5, 0.6) is 5.75 Å². The molecule has 0 spiro atoms. The summed E-state index contributed by atoms with van der Waals surface area (Å²) in [6, 6.07) is 17.6. The topological polar surface area (TPSA) is 47.9 Å². The van der Waals surface area contributed by atoms with Gasteiger partial charge in [-0.15, -0.1) is 0 Å². The highest BCUT2D eigenvalue weighted by molar-refractivity contribution is 6.15. The number of hydrogen-bond donors (Lipinski definition) is 0. The van der Waals surface area contributed by atoms with Crippen molar-refractivity contribution in [3.63, 3.8) is 0 Å². The molecule has 2 aromatic carbocycles. The Kier molecular flexibility index (Phi) is 4.19. The highest BCUT2D eigenvalue weighted by Crippen LogP contribution is 2.28. The predicted molar refractivity (Wildman–Crippen MR) is 83.9 cm³/mol. The Bertz CT molecular complexity index is 694. The van der Waals surface area contributed by atoms with Crippen molar-refractivity contribution >= 4 is 11.7 Å². The van der Waals surface area contributed by atoms with Crippen LogP contribution in [0.3, 0.4) is 0 Å². The maximum atomic E-state index is 12.0. The molecule has 112 valence electrons. The van der Waals surface area contributed by atoms with E-state index in [1.807, 2.05) is 42.5 Å². The Morgan fingerprint density at radius 2 is 1.82 bits per heavy atom. The van der Waals surface area contributed by atoms with Gasteiger partial charge in [-0.1, -0.05) is 47.6 Å². The van der Waals surface area contributed by atoms with Crippen LogP contribution in [0.1, 0.15) is 17.5 Å². The van der Waals surface area contributed by atoms with Crippen LogP contribution in [-0.2, 0) is 16.1 Å². The molecule has 1 heterocycles. The van der Waals surface area contributed by atoms with Crippen LogP contribution < -0.4 is 4.74 Å². The van der Waals surface area contributed by atoms with E-state index in [1.165, 1.54) is 5.56 Å². The first kappa shape index (κ1) is 14.3. The Balaban J connectivity index is 1.80. The Hall–Kier alpha value is -2.62. The average molecular weight is 295 g/mol. The third kappa shape index (κ3) is 2.86. The van der Waals surface area contributed by atoms with Crippen molar-refractivity contribution in [1.82, 2.24) is 0 Å². The third-order valence-electron chi connectivity index (χ3n) is 3.80. The number of hydrogen-bond acceptors (Lipinski definition) is 4. The van der Waals surface area contributed by atoms with E-state index in [-0.39, 0.29) is 11.9 Å². The molecule has 1 atom stereocenters. The lowest BCUT2D eigenvalue weighted by atomic mass is 9.91. The number of benzene rings is 2. The molecular weight excluding hydrogens is 278 g/mol. The third-order valence-corrected chi connectivity index (χ3v) is 3.80. The molecule has 4 heteroatoms. The second-order valence-electron chi connectivity index (χ2n) is 5.16. The van der Waals surface area contributed by atoms with Gasteiger partial charge in [0.2, 0.25) is 0 Å². The second kappa shape index (κ2) is 6.43. The summed E-state index contributed by atoms with van der Waals surface area (Å²) >= 11 is 0. The molecule has 1 unspecified atom stereocenters. The van der Waals surface area contributed by atoms with E-state index in [9.17, 15) is 4.79 Å². The molecule has 0 saturated carbocycles. The molecule has 0 aromatic heterocycles. The smallest absolute Gasteiger partial charge is 0.344 e. The molecule has 1 aliphatic heterocycles. The van der Waals surface area contributed by atoms with Crippen molar-refractivity contribution in [3.05, 3.63) is 65.7 Å². The fourth-order valence-electron chi connectivity index (χ4n) is 2.64. The van der Waals surface area contributed by atoms with Crippen LogP contribution >= 0.6 is 0 Å². The summed E-state index contributed by atoms with van der Waals surface area (Å²) in [5.74, 6) is 0.0533. The molecule has 0 fully saturated rings. The minimum Gasteiger partial charge on any atom is -0.496 e. The van der Waals surface area contributed by atoms with Gasteiger partial charge in [0.15, 0.2) is 0 Å². The van der Waals surface area contributed by atoms with Crippen molar-refractivity contribution in [1.29, 1.82) is 0 Å². The fourth-order valence-corrected chi connectivity index (χ4v) is 2.64. The summed E-state index contributed by atoms with van der Waals surface area (Å²) in [5, 5.41) is 3.98. The second-order valence-corrected chi connectivity index (χ2v) is 5.16. The van der Waals surface area contributed by atoms with Crippen molar-refractivity contribution in [2.45, 2.75) is 12.8 Å². The number of aryl methyl sites for hydroxylation is 1. The molecule has 0 bridgehead atoms. The molecule has 1 aliphatic rings. The van der Waals surface area contributed by atoms with Gasteiger partial charge < -0.3 is 9.57 Å². The highest BCUT2D eigenvalue weighted by atomic mass is 16.7. The van der Waals surface area contributed by atoms with Crippen molar-refractivity contribution in [3.8, 4) is 5.75 Å². The fraction of sp³-hybridized carbons (Fsp3) is 0.222. The molecular formula is C18H17NO3. The Morgan fingerprint density at radius 1 is 1.09 bits per heavy atom. The van der Waals surface area contributed by atoms with Gasteiger partial charge in [-0.25, -0.2) is 4.79 Å². The summed E-state index contributed by atoms with van der Waals surface area (Å²) in [6.07, 6.45) is 1.47. The van der Waals surface area contributed by atoms with Crippen molar-refractivity contribution in [2.75, 3.05) is 7.11 Å². The lowest BCUT2D eigenvalue weighted by molar-refractivity contribution is -0.143. The number of oxime groups is 1. The van der Waals surface area contributed by atoms with E-state index in [1.54, 1.807) is 7.11 Å². The maximum absolute atomic E-state index is 12.0. The molecule has 3 rings (SSSR count). The van der Waals surface area contributed by atoms with E-state index < -0.39 is 0 Å². The van der Waals surface area contributed by atoms with Crippen LogP contribution in [0.25, 0.3) is 0 Å². The van der Waals surface area contributed by atoms with Crippen molar-refractivity contribution < 1.29 is 14.4 Å². The first-order valence-corrected chi connectivity index (χ1v) is 7.25. The Labute approximate surface area is 129 Å². The summed E-state index contributed by atoms with van der Waals surface area (Å²) in [4.78, 5) is 16.9. The van der Waals surface area contributed by atoms with E-state index >= 15 is 0 Å². The first-order chi connectivity index (χ1) is 10.8. The number of nitrogens with zero attached hydrogens (tertiary/aromatic N) is 1. The van der Waals surface area contributed by atoms with Crippen molar-refractivity contribution in [2.24, 2.45) is 11.1 Å². The lowest BCUT2D eigenvalue weighted by Crippen LogP contribution is -2.20. The van der Waals surface area contributed by atoms with Crippen LogP contribution in [0.15, 0.2) is 59.8 Å². The summed E-state index contributed by atoms with van der Waals surface area (Å²) in [7, 11) is 1.61. The number of carbonyl (C=O) groups excluding carboxylic acids is 1. The van der Waals surface area contributed by atoms with Crippen LogP contribution in [-0.4, -0.2) is 18.8 Å². The van der Waals surface area contributed by atoms with E-state index in [0.29, 0.717) is 17.9 Å². The maximum Gasteiger partial charge on any atom is 0.344 e. The molecule has 22 heavy (non-hydrogen) atoms. The van der Waals surface area contributed by atoms with E-state index in [0.717, 1.165) is 12.0 Å². The normalized spacial score (nSPS) is 17.0. The van der Waals surface area contributed by atoms with Gasteiger partial charge in [0.05, 0.1) is 7.11 Å². The van der Waals surface area contributed by atoms with Gasteiger partial charge in [0, 0.05) is 5.56 Å². The molecule has 0 amide bonds. The molecule has 0 aliphatic carbocycles. The molecule has 4 nitrogen and oxygen atoms in total. The molecule has 0 N–H and O–H groups in total. The minimum atomic E-state index is -0.350. The van der Waals surface area contributed by atoms with Crippen LogP contribution in [0.2, 0.25) is 0 Å². The first-order valence-electron chi connectivity index (χ1n) is 7.25. The summed E-state index contributed by atoms with van der Waals surface area (Å²) in [6.45, 7) is 0. The van der Waals surface area contributed by atoms with Crippen LogP contribution in [0, 0.1) is 5.92 Å². The van der Waals surface area contributed by atoms with Gasteiger partial charge in [-0.3, -0.25) is 0 Å². The standard InChI is InChI=1S/C18H17NO3/c1-21-16-10-6-5-9-14(16)17-15(18(20)22-19-17)12-11-13-7-3-2-4-8-13/h2-10,15H,11-12H2,1H3. The van der Waals surface area contributed by atoms with E-state index in [4.69, 9.17) is 9.57 Å². The monoisotopic (exact) mass is 295 g/mol. The zero-order valence-electron chi connectivity index (χ0n) is 12.4. The summed E-state index contributed by atoms with van der Waals surface area (Å²) in [5.41, 5.74) is 2.66. The SMILES string of the molecule is COc1ccccc1C1=NOC(=O)C1CCc1ccccc1. The van der Waals surface area contributed by atoms with Gasteiger partial charge in [-0.2, -0.15) is 0 Å². The molecule has 2 aromatic rings. The minimum absolute atomic E-state index is 0.295. The van der Waals surface area contributed by atoms with Gasteiger partial charge in [-0.05, 0) is 30.5 Å². The van der Waals surface area contributed by atoms with Gasteiger partial charge in [0.25, 0.3) is 0 Å². The van der Waals surface area contributed by atoms with E-state index in [2.05, 4.69) is 17.3 Å². The number of para-hydroxylation sites is 1. The quantitative estimate of drug-likeness (QED) is 0.796. The van der Waals surface area contributed by atoms with Gasteiger partial charge in [0.1, 0.15) is 17.4 Å². The average Bonchev–Trinajstić information content (AvgIpc) is 2.94. The number of rotatable bonds is 5. The largest absolute Gasteiger partial charge is 0.496 e. The Morgan fingerprint density at radius 3 is 2.59 bits per heavy atom. The lowest BCUT2D eigenvalue weighted by Gasteiger charge is -2.12. The zero-order chi connectivity index (χ0) is 15.4.